The van der Waals surface area contributed by atoms with E-state index in [-0.39, 0.29) is 12.5 Å². The van der Waals surface area contributed by atoms with Crippen LogP contribution in [0.4, 0.5) is 5.82 Å². The zero-order valence-corrected chi connectivity index (χ0v) is 6.27. The van der Waals surface area contributed by atoms with Crippen LogP contribution in [0.15, 0.2) is 10.8 Å². The molecule has 1 aliphatic rings. The fourth-order valence-electron chi connectivity index (χ4n) is 1.04. The number of nitrogens with zero attached hydrogens (tertiary/aromatic N) is 3. The molecule has 1 aliphatic heterocycles. The molecule has 12 heavy (non-hydrogen) atoms. The highest BCUT2D eigenvalue weighted by atomic mass is 16.5. The third-order valence-electron chi connectivity index (χ3n) is 1.61. The van der Waals surface area contributed by atoms with Gasteiger partial charge in [0, 0.05) is 5.27 Å². The number of ether oxygens (including phenoxy) is 1. The Balaban J connectivity index is 2.17. The van der Waals surface area contributed by atoms with Crippen LogP contribution >= 0.6 is 0 Å². The van der Waals surface area contributed by atoms with Gasteiger partial charge in [-0.1, -0.05) is 5.10 Å². The van der Waals surface area contributed by atoms with Crippen LogP contribution in [0.3, 0.4) is 0 Å². The average molecular weight is 169 g/mol. The first-order chi connectivity index (χ1) is 5.88. The highest BCUT2D eigenvalue weighted by Gasteiger charge is 2.22. The largest absolute Gasteiger partial charge is 0.370 e. The number of carbonyl (C=O) groups is 1. The number of carbonyl (C=O) groups excluding carboxylic acids is 1. The zero-order valence-electron chi connectivity index (χ0n) is 6.27. The Bertz CT molecular complexity index is 272. The summed E-state index contributed by atoms with van der Waals surface area (Å²) in [5.74, 6) is 0.334. The molecule has 0 N–H and O–H groups in total. The van der Waals surface area contributed by atoms with Crippen molar-refractivity contribution in [3.8, 4) is 0 Å². The molecule has 0 aromatic carbocycles. The maximum atomic E-state index is 11.2. The van der Waals surface area contributed by atoms with Gasteiger partial charge in [0.25, 0.3) is 5.91 Å². The van der Waals surface area contributed by atoms with Crippen LogP contribution in [-0.2, 0) is 9.53 Å². The molecule has 2 rings (SSSR count). The van der Waals surface area contributed by atoms with Gasteiger partial charge >= 0.3 is 0 Å². The highest BCUT2D eigenvalue weighted by Crippen LogP contribution is 2.10. The second-order valence-electron chi connectivity index (χ2n) is 2.36. The van der Waals surface area contributed by atoms with Gasteiger partial charge in [0.1, 0.15) is 6.61 Å². The third-order valence-corrected chi connectivity index (χ3v) is 1.61. The van der Waals surface area contributed by atoms with Crippen LogP contribution in [0.2, 0.25) is 0 Å². The first-order valence-electron chi connectivity index (χ1n) is 3.53. The summed E-state index contributed by atoms with van der Waals surface area (Å²) in [7, 11) is 0. The van der Waals surface area contributed by atoms with Gasteiger partial charge in [-0.2, -0.15) is 0 Å². The average Bonchev–Trinajstić information content (AvgIpc) is 2.57. The van der Waals surface area contributed by atoms with E-state index >= 15 is 0 Å². The van der Waals surface area contributed by atoms with Crippen LogP contribution in [0.5, 0.6) is 0 Å². The molecule has 1 saturated heterocycles. The monoisotopic (exact) mass is 169 g/mol. The van der Waals surface area contributed by atoms with Crippen molar-refractivity contribution in [2.24, 2.45) is 0 Å². The quantitative estimate of drug-likeness (QED) is 0.563. The SMILES string of the molecule is O=C1COCCN1c1conn1. The van der Waals surface area contributed by atoms with Crippen LogP contribution in [0.1, 0.15) is 0 Å². The Morgan fingerprint density at radius 3 is 3.17 bits per heavy atom. The van der Waals surface area contributed by atoms with Crippen LogP contribution in [-0.4, -0.2) is 36.0 Å². The second-order valence-corrected chi connectivity index (χ2v) is 2.36. The summed E-state index contributed by atoms with van der Waals surface area (Å²) in [5, 5.41) is 6.90. The fourth-order valence-corrected chi connectivity index (χ4v) is 1.04. The fraction of sp³-hybridized carbons (Fsp3) is 0.500. The summed E-state index contributed by atoms with van der Waals surface area (Å²) in [6.45, 7) is 1.14. The van der Waals surface area contributed by atoms with E-state index in [1.54, 1.807) is 0 Å². The minimum Gasteiger partial charge on any atom is -0.370 e. The predicted octanol–water partition coefficient (Wildman–Crippen LogP) is -0.567. The van der Waals surface area contributed by atoms with Crippen LogP contribution in [0.25, 0.3) is 0 Å². The normalized spacial score (nSPS) is 18.3. The van der Waals surface area contributed by atoms with E-state index in [1.165, 1.54) is 11.2 Å². The third kappa shape index (κ3) is 1.16. The maximum Gasteiger partial charge on any atom is 0.254 e. The number of anilines is 1. The summed E-state index contributed by atoms with van der Waals surface area (Å²) in [6.07, 6.45) is 1.34. The van der Waals surface area contributed by atoms with E-state index in [0.717, 1.165) is 0 Å². The molecule has 6 heteroatoms. The molecule has 0 saturated carbocycles. The molecule has 0 spiro atoms. The summed E-state index contributed by atoms with van der Waals surface area (Å²) >= 11 is 0. The van der Waals surface area contributed by atoms with E-state index in [9.17, 15) is 4.79 Å². The summed E-state index contributed by atoms with van der Waals surface area (Å²) in [5.41, 5.74) is 0. The molecule has 6 nitrogen and oxygen atoms in total. The van der Waals surface area contributed by atoms with Gasteiger partial charge in [-0.15, -0.1) is 0 Å². The topological polar surface area (TPSA) is 68.5 Å². The Morgan fingerprint density at radius 2 is 2.50 bits per heavy atom. The van der Waals surface area contributed by atoms with Crippen LogP contribution < -0.4 is 4.90 Å². The minimum absolute atomic E-state index is 0.104. The number of hydrogen-bond donors (Lipinski definition) is 0. The molecule has 1 amide bonds. The van der Waals surface area contributed by atoms with E-state index in [0.29, 0.717) is 19.0 Å². The van der Waals surface area contributed by atoms with Crippen molar-refractivity contribution in [1.29, 1.82) is 0 Å². The summed E-state index contributed by atoms with van der Waals surface area (Å²) < 4.78 is 9.46. The summed E-state index contributed by atoms with van der Waals surface area (Å²) in [4.78, 5) is 12.7. The van der Waals surface area contributed by atoms with E-state index < -0.39 is 0 Å². The van der Waals surface area contributed by atoms with Crippen molar-refractivity contribution in [2.45, 2.75) is 0 Å². The van der Waals surface area contributed by atoms with E-state index in [2.05, 4.69) is 14.9 Å². The Labute approximate surface area is 68.1 Å². The second kappa shape index (κ2) is 2.90. The first-order valence-corrected chi connectivity index (χ1v) is 3.53. The van der Waals surface area contributed by atoms with Crippen LogP contribution in [0, 0.1) is 0 Å². The molecule has 0 bridgehead atoms. The number of amides is 1. The van der Waals surface area contributed by atoms with Crippen molar-refractivity contribution in [3.63, 3.8) is 0 Å². The van der Waals surface area contributed by atoms with Crippen molar-refractivity contribution in [3.05, 3.63) is 6.26 Å². The molecule has 0 radical (unpaired) electrons. The smallest absolute Gasteiger partial charge is 0.254 e. The van der Waals surface area contributed by atoms with Crippen molar-refractivity contribution >= 4 is 11.7 Å². The molecule has 1 fully saturated rings. The predicted molar refractivity (Wildman–Crippen MR) is 37.5 cm³/mol. The lowest BCUT2D eigenvalue weighted by Crippen LogP contribution is -2.41. The van der Waals surface area contributed by atoms with Gasteiger partial charge in [-0.05, 0) is 0 Å². The Hall–Kier alpha value is -1.43. The molecule has 0 aliphatic carbocycles. The van der Waals surface area contributed by atoms with Gasteiger partial charge in [-0.25, -0.2) is 0 Å². The molecule has 64 valence electrons. The van der Waals surface area contributed by atoms with Gasteiger partial charge in [0.15, 0.2) is 12.1 Å². The number of aromatic nitrogens is 2. The standard InChI is InChI=1S/C6H7N3O3/c10-6-4-11-2-1-9(6)5-3-12-8-7-5/h3H,1-2,4H2. The highest BCUT2D eigenvalue weighted by molar-refractivity contribution is 5.93. The molecule has 1 aromatic rings. The molecular weight excluding hydrogens is 162 g/mol. The van der Waals surface area contributed by atoms with Gasteiger partial charge in [0.2, 0.25) is 0 Å². The molecule has 0 atom stereocenters. The number of hydrogen-bond acceptors (Lipinski definition) is 5. The Morgan fingerprint density at radius 1 is 1.58 bits per heavy atom. The Kier molecular flexibility index (Phi) is 1.75. The molecule has 2 heterocycles. The lowest BCUT2D eigenvalue weighted by molar-refractivity contribution is -0.125. The maximum absolute atomic E-state index is 11.2. The number of rotatable bonds is 1. The molecule has 1 aromatic heterocycles. The number of morpholine rings is 1. The first kappa shape index (κ1) is 7.23. The van der Waals surface area contributed by atoms with Gasteiger partial charge in [-0.3, -0.25) is 9.69 Å². The van der Waals surface area contributed by atoms with Crippen molar-refractivity contribution < 1.29 is 14.1 Å². The zero-order chi connectivity index (χ0) is 8.39. The van der Waals surface area contributed by atoms with Gasteiger partial charge in [0.05, 0.1) is 13.2 Å². The van der Waals surface area contributed by atoms with Crippen molar-refractivity contribution in [1.82, 2.24) is 10.4 Å². The minimum atomic E-state index is -0.114. The van der Waals surface area contributed by atoms with E-state index in [4.69, 9.17) is 4.74 Å². The summed E-state index contributed by atoms with van der Waals surface area (Å²) in [6, 6.07) is 0. The van der Waals surface area contributed by atoms with Crippen molar-refractivity contribution in [2.75, 3.05) is 24.7 Å². The molecular formula is C6H7N3O3. The van der Waals surface area contributed by atoms with E-state index in [1.807, 2.05) is 0 Å². The van der Waals surface area contributed by atoms with Gasteiger partial charge < -0.3 is 9.26 Å². The lowest BCUT2D eigenvalue weighted by Gasteiger charge is -2.23. The molecule has 0 unspecified atom stereocenters. The lowest BCUT2D eigenvalue weighted by atomic mass is 10.4.